The van der Waals surface area contributed by atoms with Crippen molar-refractivity contribution in [3.63, 3.8) is 0 Å². The van der Waals surface area contributed by atoms with Crippen LogP contribution < -0.4 is 10.6 Å². The van der Waals surface area contributed by atoms with Crippen LogP contribution in [0.5, 0.6) is 0 Å². The van der Waals surface area contributed by atoms with E-state index in [1.54, 1.807) is 55.5 Å². The molecule has 0 atom stereocenters. The van der Waals surface area contributed by atoms with Crippen LogP contribution in [0, 0.1) is 18.3 Å². The molecule has 1 aromatic heterocycles. The fourth-order valence-corrected chi connectivity index (χ4v) is 2.85. The van der Waals surface area contributed by atoms with Crippen molar-refractivity contribution in [2.75, 3.05) is 10.6 Å². The molecule has 0 saturated heterocycles. The highest BCUT2D eigenvalue weighted by Gasteiger charge is 2.12. The van der Waals surface area contributed by atoms with Gasteiger partial charge >= 0.3 is 0 Å². The minimum Gasteiger partial charge on any atom is -0.324 e. The lowest BCUT2D eigenvalue weighted by molar-refractivity contribution is 0.102. The first-order chi connectivity index (χ1) is 12.9. The van der Waals surface area contributed by atoms with E-state index in [9.17, 15) is 4.79 Å². The number of halogens is 2. The summed E-state index contributed by atoms with van der Waals surface area (Å²) in [5.41, 5.74) is 2.53. The van der Waals surface area contributed by atoms with Gasteiger partial charge in [-0.15, -0.1) is 0 Å². The lowest BCUT2D eigenvalue weighted by Crippen LogP contribution is -2.15. The Kier molecular flexibility index (Phi) is 5.55. The molecule has 0 fully saturated rings. The minimum absolute atomic E-state index is 0.190. The molecule has 8 heteroatoms. The van der Waals surface area contributed by atoms with Gasteiger partial charge in [0.2, 0.25) is 5.95 Å². The molecule has 0 spiro atoms. The third kappa shape index (κ3) is 4.94. The van der Waals surface area contributed by atoms with Gasteiger partial charge in [0, 0.05) is 27.1 Å². The summed E-state index contributed by atoms with van der Waals surface area (Å²) in [6.07, 6.45) is 0. The van der Waals surface area contributed by atoms with Crippen LogP contribution >= 0.6 is 23.2 Å². The molecule has 0 unspecified atom stereocenters. The Hall–Kier alpha value is -3.14. The van der Waals surface area contributed by atoms with Gasteiger partial charge in [0.1, 0.15) is 5.69 Å². The molecule has 0 aliphatic heterocycles. The van der Waals surface area contributed by atoms with E-state index in [0.717, 1.165) is 0 Å². The van der Waals surface area contributed by atoms with Gasteiger partial charge in [-0.1, -0.05) is 23.2 Å². The van der Waals surface area contributed by atoms with E-state index in [-0.39, 0.29) is 11.6 Å². The maximum absolute atomic E-state index is 12.5. The van der Waals surface area contributed by atoms with E-state index in [1.165, 1.54) is 0 Å². The summed E-state index contributed by atoms with van der Waals surface area (Å²) in [7, 11) is 0. The van der Waals surface area contributed by atoms with Crippen LogP contribution in [0.25, 0.3) is 0 Å². The number of amides is 1. The number of nitrogens with one attached hydrogen (secondary N) is 2. The Morgan fingerprint density at radius 1 is 1.00 bits per heavy atom. The van der Waals surface area contributed by atoms with Crippen molar-refractivity contribution in [2.24, 2.45) is 0 Å². The predicted octanol–water partition coefficient (Wildman–Crippen LogP) is 4.96. The molecule has 1 heterocycles. The van der Waals surface area contributed by atoms with Gasteiger partial charge < -0.3 is 10.6 Å². The summed E-state index contributed by atoms with van der Waals surface area (Å²) in [5, 5.41) is 15.4. The van der Waals surface area contributed by atoms with E-state index in [2.05, 4.69) is 26.7 Å². The van der Waals surface area contributed by atoms with Gasteiger partial charge in [0.15, 0.2) is 0 Å². The van der Waals surface area contributed by atoms with Crippen LogP contribution in [-0.2, 0) is 0 Å². The Morgan fingerprint density at radius 2 is 1.67 bits per heavy atom. The number of anilines is 3. The highest BCUT2D eigenvalue weighted by molar-refractivity contribution is 6.35. The zero-order chi connectivity index (χ0) is 19.4. The number of aryl methyl sites for hydroxylation is 1. The van der Waals surface area contributed by atoms with E-state index in [4.69, 9.17) is 28.5 Å². The third-order valence-electron chi connectivity index (χ3n) is 3.48. The lowest BCUT2D eigenvalue weighted by Gasteiger charge is -2.09. The minimum atomic E-state index is -0.415. The summed E-state index contributed by atoms with van der Waals surface area (Å²) in [5.74, 6) is -0.143. The molecule has 1 amide bonds. The predicted molar refractivity (Wildman–Crippen MR) is 106 cm³/mol. The van der Waals surface area contributed by atoms with Gasteiger partial charge in [-0.25, -0.2) is 9.97 Å². The molecule has 0 aliphatic rings. The second-order valence-corrected chi connectivity index (χ2v) is 6.52. The molecular weight excluding hydrogens is 385 g/mol. The second kappa shape index (κ2) is 8.04. The Bertz CT molecular complexity index is 1020. The fourth-order valence-electron chi connectivity index (χ4n) is 2.32. The van der Waals surface area contributed by atoms with Gasteiger partial charge in [-0.05, 0) is 55.5 Å². The van der Waals surface area contributed by atoms with E-state index in [0.29, 0.717) is 32.7 Å². The van der Waals surface area contributed by atoms with Crippen molar-refractivity contribution >= 4 is 46.4 Å². The van der Waals surface area contributed by atoms with Crippen molar-refractivity contribution in [1.29, 1.82) is 5.26 Å². The molecule has 0 saturated carbocycles. The highest BCUT2D eigenvalue weighted by Crippen LogP contribution is 2.23. The van der Waals surface area contributed by atoms with Crippen LogP contribution in [0.4, 0.5) is 17.3 Å². The number of nitriles is 1. The topological polar surface area (TPSA) is 90.7 Å². The van der Waals surface area contributed by atoms with E-state index < -0.39 is 5.91 Å². The van der Waals surface area contributed by atoms with Gasteiger partial charge in [0.05, 0.1) is 11.6 Å². The third-order valence-corrected chi connectivity index (χ3v) is 3.91. The van der Waals surface area contributed by atoms with Crippen molar-refractivity contribution in [2.45, 2.75) is 6.92 Å². The quantitative estimate of drug-likeness (QED) is 0.648. The summed E-state index contributed by atoms with van der Waals surface area (Å²) in [6.45, 7) is 1.76. The summed E-state index contributed by atoms with van der Waals surface area (Å²) < 4.78 is 0. The van der Waals surface area contributed by atoms with Crippen LogP contribution in [0.2, 0.25) is 10.0 Å². The molecule has 2 aromatic carbocycles. The largest absolute Gasteiger partial charge is 0.324 e. The lowest BCUT2D eigenvalue weighted by atomic mass is 10.2. The monoisotopic (exact) mass is 397 g/mol. The highest BCUT2D eigenvalue weighted by atomic mass is 35.5. The van der Waals surface area contributed by atoms with Crippen molar-refractivity contribution in [1.82, 2.24) is 9.97 Å². The summed E-state index contributed by atoms with van der Waals surface area (Å²) >= 11 is 11.9. The molecule has 6 nitrogen and oxygen atoms in total. The van der Waals surface area contributed by atoms with E-state index >= 15 is 0 Å². The Labute approximate surface area is 165 Å². The number of rotatable bonds is 4. The second-order valence-electron chi connectivity index (χ2n) is 5.64. The van der Waals surface area contributed by atoms with Crippen molar-refractivity contribution in [3.05, 3.63) is 75.5 Å². The average Bonchev–Trinajstić information content (AvgIpc) is 2.61. The SMILES string of the molecule is Cc1cc(C(=O)Nc2cc(Cl)cc(Cl)c2)nc(Nc2ccc(C#N)cc2)n1. The number of aromatic nitrogens is 2. The first-order valence-electron chi connectivity index (χ1n) is 7.83. The standard InChI is InChI=1S/C19H13Cl2N5O/c1-11-6-17(18(27)24-16-8-13(20)7-14(21)9-16)26-19(23-11)25-15-4-2-12(10-22)3-5-15/h2-9H,1H3,(H,24,27)(H,23,25,26). The smallest absolute Gasteiger partial charge is 0.274 e. The molecule has 0 bridgehead atoms. The fraction of sp³-hybridized carbons (Fsp3) is 0.0526. The van der Waals surface area contributed by atoms with Crippen LogP contribution in [0.1, 0.15) is 21.7 Å². The molecule has 3 aromatic rings. The maximum Gasteiger partial charge on any atom is 0.274 e. The normalized spacial score (nSPS) is 10.1. The first-order valence-corrected chi connectivity index (χ1v) is 8.59. The zero-order valence-electron chi connectivity index (χ0n) is 14.1. The number of hydrogen-bond acceptors (Lipinski definition) is 5. The molecule has 2 N–H and O–H groups in total. The zero-order valence-corrected chi connectivity index (χ0v) is 15.6. The van der Waals surface area contributed by atoms with Crippen molar-refractivity contribution < 1.29 is 4.79 Å². The maximum atomic E-state index is 12.5. The summed E-state index contributed by atoms with van der Waals surface area (Å²) in [6, 6.07) is 15.2. The van der Waals surface area contributed by atoms with Gasteiger partial charge in [0.25, 0.3) is 5.91 Å². The molecule has 3 rings (SSSR count). The molecule has 134 valence electrons. The van der Waals surface area contributed by atoms with Gasteiger partial charge in [-0.3, -0.25) is 4.79 Å². The summed E-state index contributed by atoms with van der Waals surface area (Å²) in [4.78, 5) is 21.1. The number of carbonyl (C=O) groups is 1. The Balaban J connectivity index is 1.81. The number of benzene rings is 2. The first kappa shape index (κ1) is 18.6. The molecule has 27 heavy (non-hydrogen) atoms. The molecular formula is C19H13Cl2N5O. The Morgan fingerprint density at radius 3 is 2.30 bits per heavy atom. The van der Waals surface area contributed by atoms with Crippen molar-refractivity contribution in [3.8, 4) is 6.07 Å². The molecule has 0 aliphatic carbocycles. The average molecular weight is 398 g/mol. The van der Waals surface area contributed by atoms with Gasteiger partial charge in [-0.2, -0.15) is 5.26 Å². The van der Waals surface area contributed by atoms with Crippen LogP contribution in [0.15, 0.2) is 48.5 Å². The van der Waals surface area contributed by atoms with Crippen LogP contribution in [0.3, 0.4) is 0 Å². The number of carbonyl (C=O) groups excluding carboxylic acids is 1. The van der Waals surface area contributed by atoms with E-state index in [1.807, 2.05) is 0 Å². The molecule has 0 radical (unpaired) electrons. The number of nitrogens with zero attached hydrogens (tertiary/aromatic N) is 3. The van der Waals surface area contributed by atoms with Crippen LogP contribution in [-0.4, -0.2) is 15.9 Å². The number of hydrogen-bond donors (Lipinski definition) is 2.